The SMILES string of the molecule is Cc1cc(CCc2cnc(N3CCC4(CC3)CO[C@@H](C)C4)cn2)c(Cl)c(Cl)n1. The Kier molecular flexibility index (Phi) is 5.77. The lowest BCUT2D eigenvalue weighted by Gasteiger charge is -2.38. The number of pyridine rings is 1. The van der Waals surface area contributed by atoms with Crippen LogP contribution >= 0.6 is 23.2 Å². The maximum absolute atomic E-state index is 6.27. The fraction of sp³-hybridized carbons (Fsp3) is 0.571. The van der Waals surface area contributed by atoms with E-state index in [1.807, 2.05) is 25.4 Å². The second-order valence-electron chi connectivity index (χ2n) is 8.21. The van der Waals surface area contributed by atoms with Crippen molar-refractivity contribution in [3.63, 3.8) is 0 Å². The molecule has 150 valence electrons. The van der Waals surface area contributed by atoms with Gasteiger partial charge < -0.3 is 9.64 Å². The van der Waals surface area contributed by atoms with Crippen LogP contribution in [0.4, 0.5) is 5.82 Å². The third-order valence-electron chi connectivity index (χ3n) is 6.01. The Morgan fingerprint density at radius 3 is 2.61 bits per heavy atom. The van der Waals surface area contributed by atoms with E-state index in [4.69, 9.17) is 27.9 Å². The minimum atomic E-state index is 0.364. The van der Waals surface area contributed by atoms with Gasteiger partial charge in [0.25, 0.3) is 0 Å². The van der Waals surface area contributed by atoms with Gasteiger partial charge in [0.15, 0.2) is 0 Å². The molecule has 2 fully saturated rings. The zero-order chi connectivity index (χ0) is 19.7. The van der Waals surface area contributed by atoms with Crippen LogP contribution in [-0.4, -0.2) is 40.8 Å². The first-order chi connectivity index (χ1) is 13.4. The fourth-order valence-electron chi connectivity index (χ4n) is 4.37. The van der Waals surface area contributed by atoms with Crippen LogP contribution in [0.2, 0.25) is 10.2 Å². The minimum Gasteiger partial charge on any atom is -0.378 e. The molecule has 2 aliphatic rings. The summed E-state index contributed by atoms with van der Waals surface area (Å²) in [5.74, 6) is 0.964. The number of aromatic nitrogens is 3. The lowest BCUT2D eigenvalue weighted by atomic mass is 9.77. The molecule has 0 aliphatic carbocycles. The van der Waals surface area contributed by atoms with E-state index in [9.17, 15) is 0 Å². The monoisotopic (exact) mass is 420 g/mol. The predicted octanol–water partition coefficient (Wildman–Crippen LogP) is 4.67. The van der Waals surface area contributed by atoms with Gasteiger partial charge in [0.2, 0.25) is 0 Å². The summed E-state index contributed by atoms with van der Waals surface area (Å²) in [7, 11) is 0. The number of aryl methyl sites for hydroxylation is 3. The third-order valence-corrected chi connectivity index (χ3v) is 6.80. The summed E-state index contributed by atoms with van der Waals surface area (Å²) in [5, 5.41) is 0.896. The number of anilines is 1. The van der Waals surface area contributed by atoms with Crippen molar-refractivity contribution in [3.05, 3.63) is 45.6 Å². The molecule has 0 bridgehead atoms. The van der Waals surface area contributed by atoms with Crippen molar-refractivity contribution in [2.75, 3.05) is 24.6 Å². The van der Waals surface area contributed by atoms with Gasteiger partial charge in [-0.25, -0.2) is 9.97 Å². The molecule has 4 heterocycles. The molecule has 7 heteroatoms. The van der Waals surface area contributed by atoms with E-state index in [-0.39, 0.29) is 0 Å². The van der Waals surface area contributed by atoms with Crippen molar-refractivity contribution < 1.29 is 4.74 Å². The Morgan fingerprint density at radius 1 is 1.18 bits per heavy atom. The molecule has 2 saturated heterocycles. The largest absolute Gasteiger partial charge is 0.378 e. The minimum absolute atomic E-state index is 0.364. The van der Waals surface area contributed by atoms with E-state index >= 15 is 0 Å². The van der Waals surface area contributed by atoms with E-state index in [1.54, 1.807) is 0 Å². The average Bonchev–Trinajstić information content (AvgIpc) is 3.05. The van der Waals surface area contributed by atoms with E-state index in [0.717, 1.165) is 55.3 Å². The number of ether oxygens (including phenoxy) is 1. The van der Waals surface area contributed by atoms with Crippen LogP contribution in [0.3, 0.4) is 0 Å². The first-order valence-electron chi connectivity index (χ1n) is 9.93. The van der Waals surface area contributed by atoms with Gasteiger partial charge in [-0.3, -0.25) is 4.98 Å². The highest BCUT2D eigenvalue weighted by Crippen LogP contribution is 2.42. The van der Waals surface area contributed by atoms with Crippen LogP contribution in [0.5, 0.6) is 0 Å². The van der Waals surface area contributed by atoms with E-state index in [2.05, 4.69) is 26.8 Å². The molecule has 0 N–H and O–H groups in total. The summed E-state index contributed by atoms with van der Waals surface area (Å²) in [6.45, 7) is 7.05. The molecule has 2 aliphatic heterocycles. The molecular weight excluding hydrogens is 395 g/mol. The Hall–Kier alpha value is -1.43. The van der Waals surface area contributed by atoms with Crippen LogP contribution in [0.1, 0.15) is 43.1 Å². The zero-order valence-corrected chi connectivity index (χ0v) is 17.9. The van der Waals surface area contributed by atoms with Crippen molar-refractivity contribution in [1.82, 2.24) is 15.0 Å². The summed E-state index contributed by atoms with van der Waals surface area (Å²) in [6.07, 6.45) is 9.23. The van der Waals surface area contributed by atoms with Gasteiger partial charge in [-0.15, -0.1) is 0 Å². The van der Waals surface area contributed by atoms with Crippen LogP contribution < -0.4 is 4.90 Å². The summed E-state index contributed by atoms with van der Waals surface area (Å²) in [5.41, 5.74) is 3.21. The Labute approximate surface area is 176 Å². The molecule has 0 amide bonds. The molecular formula is C21H26Cl2N4O. The summed E-state index contributed by atoms with van der Waals surface area (Å²) in [6, 6.07) is 1.98. The third kappa shape index (κ3) is 4.27. The van der Waals surface area contributed by atoms with E-state index in [1.165, 1.54) is 19.3 Å². The topological polar surface area (TPSA) is 51.1 Å². The lowest BCUT2D eigenvalue weighted by molar-refractivity contribution is 0.0976. The zero-order valence-electron chi connectivity index (χ0n) is 16.4. The molecule has 0 unspecified atom stereocenters. The standard InChI is InChI=1S/C21H26Cl2N4O/c1-14-9-16(19(22)20(23)26-14)3-4-17-11-25-18(12-24-17)27-7-5-21(6-8-27)10-15(2)28-13-21/h9,11-12,15H,3-8,10,13H2,1-2H3/t15-/m0/s1. The van der Waals surface area contributed by atoms with Gasteiger partial charge in [-0.05, 0) is 63.0 Å². The number of piperidine rings is 1. The second kappa shape index (κ2) is 8.13. The van der Waals surface area contributed by atoms with Crippen molar-refractivity contribution in [1.29, 1.82) is 0 Å². The first kappa shape index (κ1) is 19.9. The average molecular weight is 421 g/mol. The quantitative estimate of drug-likeness (QED) is 0.672. The van der Waals surface area contributed by atoms with Crippen molar-refractivity contribution in [3.8, 4) is 0 Å². The van der Waals surface area contributed by atoms with E-state index in [0.29, 0.717) is 21.7 Å². The van der Waals surface area contributed by atoms with Crippen molar-refractivity contribution in [2.24, 2.45) is 5.41 Å². The van der Waals surface area contributed by atoms with Crippen molar-refractivity contribution >= 4 is 29.0 Å². The number of nitrogens with zero attached hydrogens (tertiary/aromatic N) is 4. The summed E-state index contributed by atoms with van der Waals surface area (Å²) >= 11 is 12.3. The van der Waals surface area contributed by atoms with Gasteiger partial charge in [0, 0.05) is 18.8 Å². The number of halogens is 2. The number of hydrogen-bond acceptors (Lipinski definition) is 5. The van der Waals surface area contributed by atoms with Gasteiger partial charge in [-0.1, -0.05) is 23.2 Å². The highest BCUT2D eigenvalue weighted by molar-refractivity contribution is 6.41. The highest BCUT2D eigenvalue weighted by atomic mass is 35.5. The van der Waals surface area contributed by atoms with Gasteiger partial charge in [0.05, 0.1) is 35.8 Å². The summed E-state index contributed by atoms with van der Waals surface area (Å²) in [4.78, 5) is 15.8. The molecule has 0 radical (unpaired) electrons. The highest BCUT2D eigenvalue weighted by Gasteiger charge is 2.41. The molecule has 0 aromatic carbocycles. The normalized spacial score (nSPS) is 21.4. The molecule has 2 aromatic rings. The second-order valence-corrected chi connectivity index (χ2v) is 8.94. The molecule has 2 aromatic heterocycles. The molecule has 28 heavy (non-hydrogen) atoms. The Bertz CT molecular complexity index is 835. The lowest BCUT2D eigenvalue weighted by Crippen LogP contribution is -2.41. The Balaban J connectivity index is 1.35. The van der Waals surface area contributed by atoms with Crippen LogP contribution in [0.15, 0.2) is 18.5 Å². The van der Waals surface area contributed by atoms with E-state index < -0.39 is 0 Å². The number of rotatable bonds is 4. The van der Waals surface area contributed by atoms with Crippen molar-refractivity contribution in [2.45, 2.75) is 52.1 Å². The van der Waals surface area contributed by atoms with Gasteiger partial charge >= 0.3 is 0 Å². The maximum Gasteiger partial charge on any atom is 0.148 e. The summed E-state index contributed by atoms with van der Waals surface area (Å²) < 4.78 is 5.82. The van der Waals surface area contributed by atoms with Gasteiger partial charge in [0.1, 0.15) is 11.0 Å². The maximum atomic E-state index is 6.27. The molecule has 5 nitrogen and oxygen atoms in total. The molecule has 0 saturated carbocycles. The predicted molar refractivity (Wildman–Crippen MR) is 112 cm³/mol. The van der Waals surface area contributed by atoms with Crippen LogP contribution in [0, 0.1) is 12.3 Å². The van der Waals surface area contributed by atoms with Crippen LogP contribution in [0.25, 0.3) is 0 Å². The Morgan fingerprint density at radius 2 is 1.96 bits per heavy atom. The van der Waals surface area contributed by atoms with Crippen LogP contribution in [-0.2, 0) is 17.6 Å². The number of hydrogen-bond donors (Lipinski definition) is 0. The first-order valence-corrected chi connectivity index (χ1v) is 10.7. The smallest absolute Gasteiger partial charge is 0.148 e. The van der Waals surface area contributed by atoms with Gasteiger partial charge in [-0.2, -0.15) is 0 Å². The molecule has 4 rings (SSSR count). The fourth-order valence-corrected chi connectivity index (χ4v) is 4.82. The molecule has 1 atom stereocenters. The molecule has 1 spiro atoms.